The Balaban J connectivity index is 1.64. The molecule has 2 aliphatic heterocycles. The Hall–Kier alpha value is -2.33. The minimum atomic E-state index is -0.842. The maximum Gasteiger partial charge on any atom is 0.410 e. The number of nitrogens with one attached hydrogen (secondary N) is 2. The highest BCUT2D eigenvalue weighted by Gasteiger charge is 2.38. The summed E-state index contributed by atoms with van der Waals surface area (Å²) in [5, 5.41) is 15.5. The fourth-order valence-electron chi connectivity index (χ4n) is 3.16. The minimum Gasteiger partial charge on any atom is -0.444 e. The number of likely N-dealkylation sites (tertiary alicyclic amines) is 1. The van der Waals surface area contributed by atoms with Gasteiger partial charge in [-0.3, -0.25) is 9.59 Å². The van der Waals surface area contributed by atoms with Crippen LogP contribution in [0, 0.1) is 0 Å². The van der Waals surface area contributed by atoms with Crippen LogP contribution >= 0.6 is 11.8 Å². The maximum atomic E-state index is 12.7. The number of thioether (sulfide) groups is 1. The van der Waals surface area contributed by atoms with Gasteiger partial charge in [0.25, 0.3) is 5.91 Å². The molecule has 9 nitrogen and oxygen atoms in total. The van der Waals surface area contributed by atoms with Crippen molar-refractivity contribution in [3.63, 3.8) is 0 Å². The number of piperidine rings is 1. The van der Waals surface area contributed by atoms with Crippen LogP contribution in [-0.4, -0.2) is 69.5 Å². The second-order valence-electron chi connectivity index (χ2n) is 8.24. The van der Waals surface area contributed by atoms with Gasteiger partial charge in [0.2, 0.25) is 5.91 Å². The molecule has 10 heteroatoms. The van der Waals surface area contributed by atoms with E-state index in [4.69, 9.17) is 4.74 Å². The number of carbonyl (C=O) groups excluding carboxylic acids is 3. The number of rotatable bonds is 3. The zero-order valence-corrected chi connectivity index (χ0v) is 17.6. The molecular formula is C19H26N4O5S. The van der Waals surface area contributed by atoms with Crippen molar-refractivity contribution >= 4 is 35.5 Å². The lowest BCUT2D eigenvalue weighted by Gasteiger charge is -2.41. The van der Waals surface area contributed by atoms with Crippen LogP contribution in [0.15, 0.2) is 17.0 Å². The smallest absolute Gasteiger partial charge is 0.410 e. The maximum absolute atomic E-state index is 12.7. The predicted molar refractivity (Wildman–Crippen MR) is 108 cm³/mol. The van der Waals surface area contributed by atoms with Crippen molar-refractivity contribution in [2.45, 2.75) is 49.6 Å². The lowest BCUT2D eigenvalue weighted by atomic mass is 9.88. The van der Waals surface area contributed by atoms with Gasteiger partial charge in [-0.2, -0.15) is 0 Å². The Morgan fingerprint density at radius 1 is 1.34 bits per heavy atom. The van der Waals surface area contributed by atoms with Crippen molar-refractivity contribution in [2.24, 2.45) is 0 Å². The average Bonchev–Trinajstić information content (AvgIpc) is 2.66. The number of anilines is 1. The number of nitrogens with zero attached hydrogens (tertiary/aromatic N) is 2. The lowest BCUT2D eigenvalue weighted by molar-refractivity contribution is -0.113. The molecule has 3 amide bonds. The van der Waals surface area contributed by atoms with Crippen molar-refractivity contribution in [1.29, 1.82) is 0 Å². The summed E-state index contributed by atoms with van der Waals surface area (Å²) >= 11 is 1.37. The number of aromatic nitrogens is 1. The Bertz CT molecular complexity index is 815. The van der Waals surface area contributed by atoms with E-state index in [2.05, 4.69) is 15.6 Å². The van der Waals surface area contributed by atoms with Crippen LogP contribution in [0.25, 0.3) is 0 Å². The van der Waals surface area contributed by atoms with Crippen LogP contribution in [0.5, 0.6) is 0 Å². The number of fused-ring (bicyclic) bond motifs is 1. The quantitative estimate of drug-likeness (QED) is 0.677. The zero-order valence-electron chi connectivity index (χ0n) is 16.8. The summed E-state index contributed by atoms with van der Waals surface area (Å²) in [5.41, 5.74) is -1.26. The topological polar surface area (TPSA) is 121 Å². The number of hydrogen-bond acceptors (Lipinski definition) is 7. The van der Waals surface area contributed by atoms with Crippen LogP contribution in [-0.2, 0) is 9.53 Å². The van der Waals surface area contributed by atoms with E-state index >= 15 is 0 Å². The summed E-state index contributed by atoms with van der Waals surface area (Å²) in [6.07, 6.45) is 0.387. The molecular weight excluding hydrogens is 396 g/mol. The number of hydrogen-bond donors (Lipinski definition) is 3. The summed E-state index contributed by atoms with van der Waals surface area (Å²) in [7, 11) is 0. The normalized spacial score (nSPS) is 18.5. The summed E-state index contributed by atoms with van der Waals surface area (Å²) in [6, 6.07) is 3.34. The first-order valence-electron chi connectivity index (χ1n) is 9.46. The molecule has 3 heterocycles. The van der Waals surface area contributed by atoms with Gasteiger partial charge in [0.15, 0.2) is 0 Å². The predicted octanol–water partition coefficient (Wildman–Crippen LogP) is 1.62. The fraction of sp³-hybridized carbons (Fsp3) is 0.579. The molecule has 1 saturated heterocycles. The molecule has 0 spiro atoms. The number of amides is 3. The van der Waals surface area contributed by atoms with Crippen molar-refractivity contribution in [2.75, 3.05) is 30.8 Å². The van der Waals surface area contributed by atoms with E-state index in [1.165, 1.54) is 11.8 Å². The molecule has 1 fully saturated rings. The molecule has 1 aromatic heterocycles. The van der Waals surface area contributed by atoms with Gasteiger partial charge in [-0.1, -0.05) is 0 Å². The lowest BCUT2D eigenvalue weighted by Crippen LogP contribution is -2.58. The zero-order chi connectivity index (χ0) is 21.2. The highest BCUT2D eigenvalue weighted by Crippen LogP contribution is 2.30. The first-order chi connectivity index (χ1) is 13.6. The number of ether oxygens (including phenoxy) is 1. The van der Waals surface area contributed by atoms with Crippen LogP contribution in [0.4, 0.5) is 10.6 Å². The van der Waals surface area contributed by atoms with E-state index in [9.17, 15) is 19.5 Å². The Labute approximate surface area is 173 Å². The number of carbonyl (C=O) groups is 3. The molecule has 0 radical (unpaired) electrons. The third-order valence-electron chi connectivity index (χ3n) is 4.76. The number of aliphatic hydroxyl groups excluding tert-OH is 1. The molecule has 3 N–H and O–H groups in total. The fourth-order valence-corrected chi connectivity index (χ4v) is 3.92. The third kappa shape index (κ3) is 5.18. The monoisotopic (exact) mass is 422 g/mol. The van der Waals surface area contributed by atoms with E-state index in [-0.39, 0.29) is 18.2 Å². The largest absolute Gasteiger partial charge is 0.444 e. The van der Waals surface area contributed by atoms with Gasteiger partial charge in [0.1, 0.15) is 17.1 Å². The molecule has 0 aliphatic carbocycles. The average molecular weight is 423 g/mol. The van der Waals surface area contributed by atoms with Crippen molar-refractivity contribution in [1.82, 2.24) is 15.2 Å². The van der Waals surface area contributed by atoms with Gasteiger partial charge in [-0.05, 0) is 45.7 Å². The molecule has 0 atom stereocenters. The second-order valence-corrected chi connectivity index (χ2v) is 9.26. The molecule has 3 rings (SSSR count). The molecule has 2 aliphatic rings. The van der Waals surface area contributed by atoms with Crippen molar-refractivity contribution in [3.05, 3.63) is 17.8 Å². The van der Waals surface area contributed by atoms with Crippen molar-refractivity contribution < 1.29 is 24.2 Å². The molecule has 0 aromatic carbocycles. The van der Waals surface area contributed by atoms with E-state index in [0.29, 0.717) is 37.5 Å². The van der Waals surface area contributed by atoms with E-state index in [1.54, 1.807) is 37.8 Å². The van der Waals surface area contributed by atoms with Gasteiger partial charge in [0, 0.05) is 13.1 Å². The van der Waals surface area contributed by atoms with Gasteiger partial charge < -0.3 is 25.4 Å². The number of pyridine rings is 1. The SMILES string of the molecule is CC(C)(C)OC(=O)N1CCC(CO)(NC(=O)c2ccc3c(n2)NC(=O)CS3)CC1. The summed E-state index contributed by atoms with van der Waals surface area (Å²) in [4.78, 5) is 43.1. The summed E-state index contributed by atoms with van der Waals surface area (Å²) in [5.74, 6) is 0.102. The van der Waals surface area contributed by atoms with Crippen molar-refractivity contribution in [3.8, 4) is 0 Å². The number of aliphatic hydroxyl groups is 1. The first kappa shape index (κ1) is 21.4. The first-order valence-corrected chi connectivity index (χ1v) is 10.4. The van der Waals surface area contributed by atoms with Gasteiger partial charge in [0.05, 0.1) is 22.8 Å². The molecule has 0 saturated carbocycles. The summed E-state index contributed by atoms with van der Waals surface area (Å²) < 4.78 is 5.38. The van der Waals surface area contributed by atoms with E-state index < -0.39 is 23.1 Å². The molecule has 0 bridgehead atoms. The van der Waals surface area contributed by atoms with Crippen LogP contribution in [0.2, 0.25) is 0 Å². The van der Waals surface area contributed by atoms with E-state index in [1.807, 2.05) is 0 Å². The molecule has 29 heavy (non-hydrogen) atoms. The highest BCUT2D eigenvalue weighted by atomic mass is 32.2. The standard InChI is InChI=1S/C19H26N4O5S/c1-18(2,3)28-17(27)23-8-6-19(11-24,7-9-23)22-16(26)12-4-5-13-15(20-12)21-14(25)10-29-13/h4-5,24H,6-11H2,1-3H3,(H,22,26)(H,20,21,25). The van der Waals surface area contributed by atoms with Gasteiger partial charge in [-0.25, -0.2) is 9.78 Å². The third-order valence-corrected chi connectivity index (χ3v) is 5.81. The van der Waals surface area contributed by atoms with Crippen LogP contribution < -0.4 is 10.6 Å². The molecule has 0 unspecified atom stereocenters. The minimum absolute atomic E-state index is 0.158. The molecule has 158 valence electrons. The Kier molecular flexibility index (Phi) is 6.04. The highest BCUT2D eigenvalue weighted by molar-refractivity contribution is 8.00. The van der Waals surface area contributed by atoms with E-state index in [0.717, 1.165) is 4.90 Å². The van der Waals surface area contributed by atoms with Gasteiger partial charge in [-0.15, -0.1) is 11.8 Å². The molecule has 1 aromatic rings. The second kappa shape index (κ2) is 8.19. The Morgan fingerprint density at radius 2 is 2.03 bits per heavy atom. The van der Waals surface area contributed by atoms with Gasteiger partial charge >= 0.3 is 6.09 Å². The van der Waals surface area contributed by atoms with Crippen LogP contribution in [0.1, 0.15) is 44.1 Å². The van der Waals surface area contributed by atoms with Crippen LogP contribution in [0.3, 0.4) is 0 Å². The summed E-state index contributed by atoms with van der Waals surface area (Å²) in [6.45, 7) is 5.89. The Morgan fingerprint density at radius 3 is 2.66 bits per heavy atom.